The molecule has 0 saturated carbocycles. The van der Waals surface area contributed by atoms with Gasteiger partial charge in [-0.3, -0.25) is 4.79 Å². The summed E-state index contributed by atoms with van der Waals surface area (Å²) in [4.78, 5) is 23.7. The number of nitrogens with one attached hydrogen (secondary N) is 2. The molecule has 0 spiro atoms. The molecule has 0 fully saturated rings. The first-order valence-electron chi connectivity index (χ1n) is 8.88. The SMILES string of the molecule is CCCOc1ccc(C(F)(F)F)cc1NC(=O)CNC(=O)OCc1ccccc1. The number of hydrogen-bond acceptors (Lipinski definition) is 4. The summed E-state index contributed by atoms with van der Waals surface area (Å²) in [7, 11) is 0. The van der Waals surface area contributed by atoms with Crippen LogP contribution in [0.4, 0.5) is 23.7 Å². The van der Waals surface area contributed by atoms with Crippen LogP contribution < -0.4 is 15.4 Å². The number of benzene rings is 2. The molecule has 0 aliphatic carbocycles. The summed E-state index contributed by atoms with van der Waals surface area (Å²) in [6, 6.07) is 11.7. The van der Waals surface area contributed by atoms with Gasteiger partial charge in [-0.25, -0.2) is 4.79 Å². The summed E-state index contributed by atoms with van der Waals surface area (Å²) >= 11 is 0. The number of carbonyl (C=O) groups excluding carboxylic acids is 2. The minimum Gasteiger partial charge on any atom is -0.491 e. The molecule has 0 heterocycles. The standard InChI is InChI=1S/C20H21F3N2O4/c1-2-10-28-17-9-8-15(20(21,22)23)11-16(17)25-18(26)12-24-19(27)29-13-14-6-4-3-5-7-14/h3-9,11H,2,10,12-13H2,1H3,(H,24,27)(H,25,26). The fourth-order valence-electron chi connectivity index (χ4n) is 2.26. The Morgan fingerprint density at radius 3 is 2.45 bits per heavy atom. The molecule has 2 rings (SSSR count). The molecule has 2 N–H and O–H groups in total. The lowest BCUT2D eigenvalue weighted by Gasteiger charge is -2.15. The highest BCUT2D eigenvalue weighted by Crippen LogP contribution is 2.35. The van der Waals surface area contributed by atoms with Crippen molar-refractivity contribution in [1.29, 1.82) is 0 Å². The molecule has 0 saturated heterocycles. The number of halogens is 3. The van der Waals surface area contributed by atoms with Crippen LogP contribution in [0.1, 0.15) is 24.5 Å². The molecule has 156 valence electrons. The molecule has 0 atom stereocenters. The minimum atomic E-state index is -4.57. The molecule has 0 aromatic heterocycles. The van der Waals surface area contributed by atoms with Crippen LogP contribution in [0.2, 0.25) is 0 Å². The molecule has 0 aliphatic rings. The van der Waals surface area contributed by atoms with E-state index in [-0.39, 0.29) is 24.7 Å². The number of anilines is 1. The number of amides is 2. The van der Waals surface area contributed by atoms with E-state index in [9.17, 15) is 22.8 Å². The molecular formula is C20H21F3N2O4. The van der Waals surface area contributed by atoms with Crippen molar-refractivity contribution in [2.24, 2.45) is 0 Å². The number of alkyl halides is 3. The summed E-state index contributed by atoms with van der Waals surface area (Å²) in [5.74, 6) is -0.609. The Labute approximate surface area is 166 Å². The summed E-state index contributed by atoms with van der Waals surface area (Å²) in [6.07, 6.45) is -4.75. The number of alkyl carbamates (subject to hydrolysis) is 1. The van der Waals surface area contributed by atoms with Gasteiger partial charge in [0.1, 0.15) is 18.9 Å². The maximum Gasteiger partial charge on any atom is 0.416 e. The summed E-state index contributed by atoms with van der Waals surface area (Å²) in [5, 5.41) is 4.57. The van der Waals surface area contributed by atoms with E-state index in [2.05, 4.69) is 10.6 Å². The monoisotopic (exact) mass is 410 g/mol. The molecule has 2 aromatic rings. The van der Waals surface area contributed by atoms with Gasteiger partial charge in [-0.15, -0.1) is 0 Å². The smallest absolute Gasteiger partial charge is 0.416 e. The predicted octanol–water partition coefficient (Wildman–Crippen LogP) is 4.36. The maximum absolute atomic E-state index is 12.9. The second-order valence-electron chi connectivity index (χ2n) is 6.02. The average molecular weight is 410 g/mol. The van der Waals surface area contributed by atoms with E-state index in [0.717, 1.165) is 23.8 Å². The Morgan fingerprint density at radius 1 is 1.07 bits per heavy atom. The van der Waals surface area contributed by atoms with E-state index in [0.29, 0.717) is 6.42 Å². The van der Waals surface area contributed by atoms with Crippen molar-refractivity contribution in [2.75, 3.05) is 18.5 Å². The highest BCUT2D eigenvalue weighted by atomic mass is 19.4. The van der Waals surface area contributed by atoms with Gasteiger partial charge in [-0.05, 0) is 30.2 Å². The topological polar surface area (TPSA) is 76.7 Å². The van der Waals surface area contributed by atoms with Gasteiger partial charge in [0.2, 0.25) is 5.91 Å². The molecule has 2 amide bonds. The van der Waals surface area contributed by atoms with Crippen LogP contribution in [0.25, 0.3) is 0 Å². The number of rotatable bonds is 8. The summed E-state index contributed by atoms with van der Waals surface area (Å²) < 4.78 is 49.2. The second kappa shape index (κ2) is 10.4. The van der Waals surface area contributed by atoms with E-state index in [1.54, 1.807) is 24.3 Å². The Balaban J connectivity index is 1.93. The molecule has 6 nitrogen and oxygen atoms in total. The maximum atomic E-state index is 12.9. The minimum absolute atomic E-state index is 0.0247. The third-order valence-electron chi connectivity index (χ3n) is 3.65. The van der Waals surface area contributed by atoms with Crippen LogP contribution in [-0.4, -0.2) is 25.2 Å². The molecule has 2 aromatic carbocycles. The van der Waals surface area contributed by atoms with Gasteiger partial charge < -0.3 is 20.1 Å². The van der Waals surface area contributed by atoms with Crippen molar-refractivity contribution in [2.45, 2.75) is 26.1 Å². The normalized spacial score (nSPS) is 10.9. The molecule has 0 radical (unpaired) electrons. The third kappa shape index (κ3) is 7.36. The largest absolute Gasteiger partial charge is 0.491 e. The van der Waals surface area contributed by atoms with Gasteiger partial charge >= 0.3 is 12.3 Å². The average Bonchev–Trinajstić information content (AvgIpc) is 2.69. The van der Waals surface area contributed by atoms with Crippen molar-refractivity contribution in [3.8, 4) is 5.75 Å². The van der Waals surface area contributed by atoms with Crippen LogP contribution in [0.3, 0.4) is 0 Å². The molecule has 29 heavy (non-hydrogen) atoms. The van der Waals surface area contributed by atoms with Gasteiger partial charge in [-0.1, -0.05) is 37.3 Å². The fourth-order valence-corrected chi connectivity index (χ4v) is 2.26. The summed E-state index contributed by atoms with van der Waals surface area (Å²) in [6.45, 7) is 1.67. The van der Waals surface area contributed by atoms with E-state index < -0.39 is 30.3 Å². The van der Waals surface area contributed by atoms with Crippen molar-refractivity contribution in [3.63, 3.8) is 0 Å². The van der Waals surface area contributed by atoms with E-state index in [1.807, 2.05) is 13.0 Å². The van der Waals surface area contributed by atoms with Crippen LogP contribution in [0.15, 0.2) is 48.5 Å². The Bertz CT molecular complexity index is 826. The van der Waals surface area contributed by atoms with Crippen molar-refractivity contribution in [1.82, 2.24) is 5.32 Å². The van der Waals surface area contributed by atoms with E-state index in [4.69, 9.17) is 9.47 Å². The molecule has 9 heteroatoms. The Kier molecular flexibility index (Phi) is 7.88. The van der Waals surface area contributed by atoms with Crippen LogP contribution in [-0.2, 0) is 22.3 Å². The Morgan fingerprint density at radius 2 is 1.79 bits per heavy atom. The van der Waals surface area contributed by atoms with Crippen molar-refractivity contribution < 1.29 is 32.2 Å². The molecule has 0 bridgehead atoms. The van der Waals surface area contributed by atoms with Crippen LogP contribution >= 0.6 is 0 Å². The van der Waals surface area contributed by atoms with Crippen molar-refractivity contribution >= 4 is 17.7 Å². The van der Waals surface area contributed by atoms with Crippen molar-refractivity contribution in [3.05, 3.63) is 59.7 Å². The number of carbonyl (C=O) groups is 2. The van der Waals surface area contributed by atoms with Gasteiger partial charge in [0.25, 0.3) is 0 Å². The van der Waals surface area contributed by atoms with E-state index in [1.165, 1.54) is 0 Å². The molecule has 0 aliphatic heterocycles. The van der Waals surface area contributed by atoms with Crippen LogP contribution in [0.5, 0.6) is 5.75 Å². The zero-order valence-electron chi connectivity index (χ0n) is 15.7. The lowest BCUT2D eigenvalue weighted by Crippen LogP contribution is -2.33. The quantitative estimate of drug-likeness (QED) is 0.678. The predicted molar refractivity (Wildman–Crippen MR) is 100 cm³/mol. The van der Waals surface area contributed by atoms with Crippen LogP contribution in [0, 0.1) is 0 Å². The first-order valence-corrected chi connectivity index (χ1v) is 8.88. The lowest BCUT2D eigenvalue weighted by molar-refractivity contribution is -0.137. The number of hydrogen-bond donors (Lipinski definition) is 2. The van der Waals surface area contributed by atoms with Gasteiger partial charge in [0.15, 0.2) is 0 Å². The molecule has 0 unspecified atom stereocenters. The fraction of sp³-hybridized carbons (Fsp3) is 0.300. The molecular weight excluding hydrogens is 389 g/mol. The summed E-state index contributed by atoms with van der Waals surface area (Å²) in [5.41, 5.74) is -0.279. The Hall–Kier alpha value is -3.23. The van der Waals surface area contributed by atoms with Gasteiger partial charge in [0.05, 0.1) is 17.9 Å². The first-order chi connectivity index (χ1) is 13.8. The van der Waals surface area contributed by atoms with Gasteiger partial charge in [-0.2, -0.15) is 13.2 Å². The highest BCUT2D eigenvalue weighted by Gasteiger charge is 2.31. The zero-order valence-corrected chi connectivity index (χ0v) is 15.7. The zero-order chi connectivity index (χ0) is 21.3. The lowest BCUT2D eigenvalue weighted by atomic mass is 10.1. The van der Waals surface area contributed by atoms with Gasteiger partial charge in [0, 0.05) is 0 Å². The first kappa shape index (κ1) is 22.1. The van der Waals surface area contributed by atoms with E-state index >= 15 is 0 Å². The number of ether oxygens (including phenoxy) is 2. The highest BCUT2D eigenvalue weighted by molar-refractivity contribution is 5.95. The second-order valence-corrected chi connectivity index (χ2v) is 6.02. The third-order valence-corrected chi connectivity index (χ3v) is 3.65.